The molecule has 10 nitrogen and oxygen atoms in total. The van der Waals surface area contributed by atoms with Crippen LogP contribution in [0.2, 0.25) is 5.02 Å². The number of aromatic amines is 1. The van der Waals surface area contributed by atoms with Gasteiger partial charge in [-0.1, -0.05) is 11.6 Å². The van der Waals surface area contributed by atoms with E-state index in [1.54, 1.807) is 36.4 Å². The van der Waals surface area contributed by atoms with Crippen molar-refractivity contribution in [3.05, 3.63) is 59.6 Å². The monoisotopic (exact) mass is 441 g/mol. The molecule has 0 radical (unpaired) electrons. The van der Waals surface area contributed by atoms with E-state index in [4.69, 9.17) is 21.1 Å². The highest BCUT2D eigenvalue weighted by Crippen LogP contribution is 2.30. The van der Waals surface area contributed by atoms with Crippen molar-refractivity contribution in [1.82, 2.24) is 15.0 Å². The molecule has 2 amide bonds. The van der Waals surface area contributed by atoms with Crippen molar-refractivity contribution < 1.29 is 24.2 Å². The standard InChI is InChI=1S/C20H16ClN5O5/c21-13-4-3-10(23-20(30)16-2-1-5-31-16)6-12(13)17-25-14-7-11(8-22-18(14)26-17)24-19(29)15(28)9-27/h1-8,15,27-28H,9H2,(H,23,30)(H,24,29)(H,22,25,26). The minimum absolute atomic E-state index is 0.172. The molecule has 158 valence electrons. The average Bonchev–Trinajstić information content (AvgIpc) is 3.44. The molecule has 1 atom stereocenters. The lowest BCUT2D eigenvalue weighted by Gasteiger charge is -2.08. The lowest BCUT2D eigenvalue weighted by molar-refractivity contribution is -0.125. The number of aliphatic hydroxyl groups is 2. The first kappa shape index (κ1) is 20.5. The van der Waals surface area contributed by atoms with Gasteiger partial charge in [-0.05, 0) is 36.4 Å². The maximum atomic E-state index is 12.2. The van der Waals surface area contributed by atoms with Crippen LogP contribution in [0.5, 0.6) is 0 Å². The van der Waals surface area contributed by atoms with Gasteiger partial charge >= 0.3 is 0 Å². The molecule has 4 aromatic rings. The van der Waals surface area contributed by atoms with Crippen molar-refractivity contribution in [2.45, 2.75) is 6.10 Å². The largest absolute Gasteiger partial charge is 0.459 e. The van der Waals surface area contributed by atoms with Gasteiger partial charge < -0.3 is 30.2 Å². The number of anilines is 2. The highest BCUT2D eigenvalue weighted by molar-refractivity contribution is 6.33. The maximum Gasteiger partial charge on any atom is 0.291 e. The van der Waals surface area contributed by atoms with Crippen LogP contribution < -0.4 is 10.6 Å². The number of nitrogens with zero attached hydrogens (tertiary/aromatic N) is 2. The molecule has 3 heterocycles. The summed E-state index contributed by atoms with van der Waals surface area (Å²) in [4.78, 5) is 35.6. The quantitative estimate of drug-likeness (QED) is 0.308. The minimum atomic E-state index is -1.54. The Morgan fingerprint density at radius 3 is 2.77 bits per heavy atom. The van der Waals surface area contributed by atoms with Crippen LogP contribution in [-0.4, -0.2) is 49.7 Å². The molecule has 1 unspecified atom stereocenters. The Morgan fingerprint density at radius 2 is 2.03 bits per heavy atom. The van der Waals surface area contributed by atoms with Gasteiger partial charge in [0, 0.05) is 11.3 Å². The molecule has 1 aromatic carbocycles. The van der Waals surface area contributed by atoms with E-state index >= 15 is 0 Å². The summed E-state index contributed by atoms with van der Waals surface area (Å²) < 4.78 is 5.08. The zero-order valence-electron chi connectivity index (χ0n) is 15.8. The van der Waals surface area contributed by atoms with E-state index in [0.29, 0.717) is 38.9 Å². The van der Waals surface area contributed by atoms with Gasteiger partial charge in [0.05, 0.1) is 35.3 Å². The number of furan rings is 1. The number of fused-ring (bicyclic) bond motifs is 1. The molecule has 0 aliphatic heterocycles. The van der Waals surface area contributed by atoms with Crippen molar-refractivity contribution >= 4 is 46.0 Å². The van der Waals surface area contributed by atoms with Gasteiger partial charge in [-0.15, -0.1) is 0 Å². The third-order valence-corrected chi connectivity index (χ3v) is 4.63. The molecular weight excluding hydrogens is 426 g/mol. The number of hydrogen-bond acceptors (Lipinski definition) is 7. The predicted octanol–water partition coefficient (Wildman–Crippen LogP) is 2.42. The molecule has 4 rings (SSSR count). The number of aromatic nitrogens is 3. The fourth-order valence-corrected chi connectivity index (χ4v) is 3.00. The average molecular weight is 442 g/mol. The molecule has 0 fully saturated rings. The first-order valence-electron chi connectivity index (χ1n) is 9.05. The van der Waals surface area contributed by atoms with Crippen molar-refractivity contribution in [3.63, 3.8) is 0 Å². The summed E-state index contributed by atoms with van der Waals surface area (Å²) in [6.45, 7) is -0.693. The summed E-state index contributed by atoms with van der Waals surface area (Å²) >= 11 is 6.33. The summed E-state index contributed by atoms with van der Waals surface area (Å²) in [7, 11) is 0. The van der Waals surface area contributed by atoms with Gasteiger partial charge in [0.1, 0.15) is 5.82 Å². The number of nitrogens with one attached hydrogen (secondary N) is 3. The molecular formula is C20H16ClN5O5. The van der Waals surface area contributed by atoms with Crippen LogP contribution in [0.4, 0.5) is 11.4 Å². The fourth-order valence-electron chi connectivity index (χ4n) is 2.79. The Hall–Kier alpha value is -3.73. The lowest BCUT2D eigenvalue weighted by atomic mass is 10.2. The van der Waals surface area contributed by atoms with Crippen molar-refractivity contribution in [2.24, 2.45) is 0 Å². The SMILES string of the molecule is O=C(Nc1ccc(Cl)c(-c2nc3ncc(NC(=O)C(O)CO)cc3[nH]2)c1)c1ccco1. The third kappa shape index (κ3) is 4.40. The number of halogens is 1. The number of rotatable bonds is 6. The summed E-state index contributed by atoms with van der Waals surface area (Å²) in [5.41, 5.74) is 2.20. The van der Waals surface area contributed by atoms with E-state index in [9.17, 15) is 14.7 Å². The number of aliphatic hydroxyl groups excluding tert-OH is 2. The predicted molar refractivity (Wildman–Crippen MR) is 113 cm³/mol. The molecule has 0 saturated carbocycles. The minimum Gasteiger partial charge on any atom is -0.459 e. The van der Waals surface area contributed by atoms with E-state index in [1.807, 2.05) is 0 Å². The van der Waals surface area contributed by atoms with Crippen molar-refractivity contribution in [3.8, 4) is 11.4 Å². The van der Waals surface area contributed by atoms with Crippen LogP contribution in [0.15, 0.2) is 53.3 Å². The second-order valence-corrected chi connectivity index (χ2v) is 6.90. The first-order valence-corrected chi connectivity index (χ1v) is 9.42. The number of carbonyl (C=O) groups excluding carboxylic acids is 2. The van der Waals surface area contributed by atoms with Crippen LogP contribution in [0, 0.1) is 0 Å². The zero-order valence-corrected chi connectivity index (χ0v) is 16.6. The van der Waals surface area contributed by atoms with Crippen LogP contribution >= 0.6 is 11.6 Å². The molecule has 11 heteroatoms. The molecule has 31 heavy (non-hydrogen) atoms. The molecule has 0 aliphatic carbocycles. The molecule has 0 saturated heterocycles. The number of H-pyrrole nitrogens is 1. The molecule has 0 bridgehead atoms. The number of carbonyl (C=O) groups is 2. The number of pyridine rings is 1. The Bertz CT molecular complexity index is 1250. The molecule has 5 N–H and O–H groups in total. The Labute approximate surface area is 179 Å². The number of imidazole rings is 1. The van der Waals surface area contributed by atoms with E-state index in [1.165, 1.54) is 12.5 Å². The van der Waals surface area contributed by atoms with Gasteiger partial charge in [-0.2, -0.15) is 0 Å². The highest BCUT2D eigenvalue weighted by atomic mass is 35.5. The van der Waals surface area contributed by atoms with Gasteiger partial charge in [0.25, 0.3) is 11.8 Å². The summed E-state index contributed by atoms with van der Waals surface area (Å²) in [5.74, 6) is -0.591. The first-order chi connectivity index (χ1) is 14.9. The third-order valence-electron chi connectivity index (χ3n) is 4.30. The van der Waals surface area contributed by atoms with E-state index in [-0.39, 0.29) is 5.76 Å². The maximum absolute atomic E-state index is 12.2. The van der Waals surface area contributed by atoms with Crippen molar-refractivity contribution in [2.75, 3.05) is 17.2 Å². The smallest absolute Gasteiger partial charge is 0.291 e. The van der Waals surface area contributed by atoms with Crippen LogP contribution in [-0.2, 0) is 4.79 Å². The highest BCUT2D eigenvalue weighted by Gasteiger charge is 2.16. The number of amides is 2. The number of benzene rings is 1. The number of hydrogen-bond donors (Lipinski definition) is 5. The lowest BCUT2D eigenvalue weighted by Crippen LogP contribution is -2.30. The van der Waals surface area contributed by atoms with Gasteiger partial charge in [0.2, 0.25) is 0 Å². The Kier molecular flexibility index (Phi) is 5.67. The molecule has 0 aliphatic rings. The van der Waals surface area contributed by atoms with Gasteiger partial charge in [-0.25, -0.2) is 9.97 Å². The summed E-state index contributed by atoms with van der Waals surface area (Å²) in [5, 5.41) is 23.8. The van der Waals surface area contributed by atoms with E-state index in [0.717, 1.165) is 0 Å². The Balaban J connectivity index is 1.60. The normalized spacial score (nSPS) is 12.0. The van der Waals surface area contributed by atoms with Crippen LogP contribution in [0.25, 0.3) is 22.6 Å². The van der Waals surface area contributed by atoms with Crippen LogP contribution in [0.1, 0.15) is 10.6 Å². The zero-order chi connectivity index (χ0) is 22.0. The Morgan fingerprint density at radius 1 is 1.19 bits per heavy atom. The van der Waals surface area contributed by atoms with Gasteiger partial charge in [-0.3, -0.25) is 9.59 Å². The molecule has 0 spiro atoms. The van der Waals surface area contributed by atoms with E-state index in [2.05, 4.69) is 25.6 Å². The van der Waals surface area contributed by atoms with Crippen molar-refractivity contribution in [1.29, 1.82) is 0 Å². The summed E-state index contributed by atoms with van der Waals surface area (Å²) in [6, 6.07) is 9.67. The van der Waals surface area contributed by atoms with Gasteiger partial charge in [0.15, 0.2) is 17.5 Å². The summed E-state index contributed by atoms with van der Waals surface area (Å²) in [6.07, 6.45) is 1.24. The molecule has 3 aromatic heterocycles. The second kappa shape index (κ2) is 8.56. The topological polar surface area (TPSA) is 153 Å². The fraction of sp³-hybridized carbons (Fsp3) is 0.100. The van der Waals surface area contributed by atoms with E-state index < -0.39 is 24.5 Å². The van der Waals surface area contributed by atoms with Crippen LogP contribution in [0.3, 0.4) is 0 Å². The second-order valence-electron chi connectivity index (χ2n) is 6.49.